The molecule has 1 aromatic carbocycles. The highest BCUT2D eigenvalue weighted by molar-refractivity contribution is 6.29. The van der Waals surface area contributed by atoms with Gasteiger partial charge in [0.1, 0.15) is 17.3 Å². The lowest BCUT2D eigenvalue weighted by Crippen LogP contribution is -1.96. The minimum atomic E-state index is -0.793. The highest BCUT2D eigenvalue weighted by atomic mass is 35.5. The number of nitrogens with zero attached hydrogens (tertiary/aromatic N) is 2. The van der Waals surface area contributed by atoms with Crippen LogP contribution in [0.15, 0.2) is 24.5 Å². The smallest absolute Gasteiger partial charge is 0.223 e. The molecule has 0 saturated carbocycles. The molecule has 7 heteroatoms. The predicted molar refractivity (Wildman–Crippen MR) is 57.9 cm³/mol. The summed E-state index contributed by atoms with van der Waals surface area (Å²) in [7, 11) is 0. The Bertz CT molecular complexity index is 565. The van der Waals surface area contributed by atoms with E-state index in [0.717, 1.165) is 18.5 Å². The van der Waals surface area contributed by atoms with Crippen molar-refractivity contribution >= 4 is 17.3 Å². The fourth-order valence-corrected chi connectivity index (χ4v) is 1.24. The van der Waals surface area contributed by atoms with Gasteiger partial charge in [0, 0.05) is 18.2 Å². The number of hydrogen-bond acceptors (Lipinski definition) is 4. The Morgan fingerprint density at radius 1 is 1.12 bits per heavy atom. The molecular weight excluding hydrogens is 252 g/mol. The van der Waals surface area contributed by atoms with Crippen molar-refractivity contribution in [3.05, 3.63) is 41.3 Å². The van der Waals surface area contributed by atoms with E-state index in [-0.39, 0.29) is 22.5 Å². The van der Waals surface area contributed by atoms with Gasteiger partial charge in [-0.25, -0.2) is 18.7 Å². The zero-order valence-electron chi connectivity index (χ0n) is 8.32. The molecule has 17 heavy (non-hydrogen) atoms. The average Bonchev–Trinajstić information content (AvgIpc) is 2.26. The summed E-state index contributed by atoms with van der Waals surface area (Å²) in [6, 6.07) is 2.93. The molecule has 0 aliphatic carbocycles. The Morgan fingerprint density at radius 3 is 2.59 bits per heavy atom. The number of nitrogen functional groups attached to an aromatic ring is 1. The first-order chi connectivity index (χ1) is 8.06. The van der Waals surface area contributed by atoms with Crippen molar-refractivity contribution in [2.75, 3.05) is 5.73 Å². The van der Waals surface area contributed by atoms with E-state index in [2.05, 4.69) is 9.97 Å². The van der Waals surface area contributed by atoms with Crippen LogP contribution in [0.4, 0.5) is 14.5 Å². The summed E-state index contributed by atoms with van der Waals surface area (Å²) in [6.07, 6.45) is 1.14. The van der Waals surface area contributed by atoms with Crippen molar-refractivity contribution in [3.63, 3.8) is 0 Å². The fourth-order valence-electron chi connectivity index (χ4n) is 1.11. The Labute approximate surface area is 100 Å². The highest BCUT2D eigenvalue weighted by Gasteiger charge is 2.10. The SMILES string of the molecule is Nc1cc(F)c(Oc2cc(Cl)ncn2)cc1F. The van der Waals surface area contributed by atoms with Crippen molar-refractivity contribution in [2.24, 2.45) is 0 Å². The van der Waals surface area contributed by atoms with Gasteiger partial charge < -0.3 is 10.5 Å². The molecular formula is C10H6ClF2N3O. The summed E-state index contributed by atoms with van der Waals surface area (Å²) >= 11 is 5.59. The molecule has 0 spiro atoms. The molecule has 1 aromatic heterocycles. The van der Waals surface area contributed by atoms with E-state index in [1.807, 2.05) is 0 Å². The number of anilines is 1. The van der Waals surface area contributed by atoms with Gasteiger partial charge in [0.15, 0.2) is 11.6 Å². The first-order valence-corrected chi connectivity index (χ1v) is 4.84. The van der Waals surface area contributed by atoms with Crippen LogP contribution in [0.3, 0.4) is 0 Å². The number of rotatable bonds is 2. The average molecular weight is 258 g/mol. The van der Waals surface area contributed by atoms with Gasteiger partial charge >= 0.3 is 0 Å². The molecule has 4 nitrogen and oxygen atoms in total. The zero-order chi connectivity index (χ0) is 12.4. The number of ether oxygens (including phenoxy) is 1. The summed E-state index contributed by atoms with van der Waals surface area (Å²) in [6.45, 7) is 0. The summed E-state index contributed by atoms with van der Waals surface area (Å²) in [5, 5.41) is 0.131. The third-order valence-corrected chi connectivity index (χ3v) is 2.08. The van der Waals surface area contributed by atoms with Gasteiger partial charge in [0.05, 0.1) is 5.69 Å². The molecule has 0 fully saturated rings. The molecule has 0 saturated heterocycles. The van der Waals surface area contributed by atoms with Crippen LogP contribution in [-0.4, -0.2) is 9.97 Å². The van der Waals surface area contributed by atoms with Crippen LogP contribution in [-0.2, 0) is 0 Å². The van der Waals surface area contributed by atoms with Crippen LogP contribution in [0.5, 0.6) is 11.6 Å². The number of benzene rings is 1. The van der Waals surface area contributed by atoms with E-state index < -0.39 is 11.6 Å². The van der Waals surface area contributed by atoms with Crippen molar-refractivity contribution in [1.82, 2.24) is 9.97 Å². The Hall–Kier alpha value is -1.95. The zero-order valence-corrected chi connectivity index (χ0v) is 9.08. The second-order valence-corrected chi connectivity index (χ2v) is 3.47. The minimum absolute atomic E-state index is 0.00747. The van der Waals surface area contributed by atoms with Crippen LogP contribution >= 0.6 is 11.6 Å². The van der Waals surface area contributed by atoms with Crippen LogP contribution < -0.4 is 10.5 Å². The highest BCUT2D eigenvalue weighted by Crippen LogP contribution is 2.27. The first kappa shape index (κ1) is 11.5. The minimum Gasteiger partial charge on any atom is -0.436 e. The van der Waals surface area contributed by atoms with Crippen molar-refractivity contribution in [1.29, 1.82) is 0 Å². The van der Waals surface area contributed by atoms with Gasteiger partial charge in [-0.15, -0.1) is 0 Å². The maximum atomic E-state index is 13.4. The third kappa shape index (κ3) is 2.59. The quantitative estimate of drug-likeness (QED) is 0.664. The first-order valence-electron chi connectivity index (χ1n) is 4.46. The predicted octanol–water partition coefficient (Wildman–Crippen LogP) is 2.78. The second-order valence-electron chi connectivity index (χ2n) is 3.09. The number of hydrogen-bond donors (Lipinski definition) is 1. The van der Waals surface area contributed by atoms with Gasteiger partial charge in [-0.2, -0.15) is 0 Å². The Morgan fingerprint density at radius 2 is 1.88 bits per heavy atom. The van der Waals surface area contributed by atoms with Crippen molar-refractivity contribution < 1.29 is 13.5 Å². The molecule has 2 N–H and O–H groups in total. The Kier molecular flexibility index (Phi) is 3.06. The largest absolute Gasteiger partial charge is 0.436 e. The lowest BCUT2D eigenvalue weighted by molar-refractivity contribution is 0.422. The summed E-state index contributed by atoms with van der Waals surface area (Å²) < 4.78 is 31.5. The van der Waals surface area contributed by atoms with Gasteiger partial charge in [-0.3, -0.25) is 0 Å². The van der Waals surface area contributed by atoms with Crippen LogP contribution in [0.1, 0.15) is 0 Å². The standard InChI is InChI=1S/C10H6ClF2N3O/c11-9-3-10(16-4-15-9)17-8-2-5(12)7(14)1-6(8)13/h1-4H,14H2. The molecule has 0 aliphatic rings. The normalized spacial score (nSPS) is 10.3. The number of halogens is 3. The van der Waals surface area contributed by atoms with E-state index in [4.69, 9.17) is 22.1 Å². The van der Waals surface area contributed by atoms with Gasteiger partial charge in [0.25, 0.3) is 0 Å². The van der Waals surface area contributed by atoms with Gasteiger partial charge in [0.2, 0.25) is 5.88 Å². The molecule has 0 amide bonds. The topological polar surface area (TPSA) is 61.0 Å². The summed E-state index contributed by atoms with van der Waals surface area (Å²) in [4.78, 5) is 7.31. The van der Waals surface area contributed by atoms with E-state index in [1.54, 1.807) is 0 Å². The maximum Gasteiger partial charge on any atom is 0.223 e. The van der Waals surface area contributed by atoms with E-state index in [0.29, 0.717) is 0 Å². The second kappa shape index (κ2) is 4.50. The van der Waals surface area contributed by atoms with Crippen LogP contribution in [0.2, 0.25) is 5.15 Å². The fraction of sp³-hybridized carbons (Fsp3) is 0. The lowest BCUT2D eigenvalue weighted by atomic mass is 10.3. The summed E-state index contributed by atoms with van der Waals surface area (Å²) in [5.74, 6) is -1.89. The lowest BCUT2D eigenvalue weighted by Gasteiger charge is -2.06. The third-order valence-electron chi connectivity index (χ3n) is 1.87. The van der Waals surface area contributed by atoms with Crippen molar-refractivity contribution in [2.45, 2.75) is 0 Å². The molecule has 2 aromatic rings. The monoisotopic (exact) mass is 257 g/mol. The van der Waals surface area contributed by atoms with Gasteiger partial charge in [-0.1, -0.05) is 11.6 Å². The molecule has 0 unspecified atom stereocenters. The number of nitrogens with two attached hydrogens (primary N) is 1. The summed E-state index contributed by atoms with van der Waals surface area (Å²) in [5.41, 5.74) is 4.89. The van der Waals surface area contributed by atoms with E-state index in [9.17, 15) is 8.78 Å². The Balaban J connectivity index is 2.33. The molecule has 0 radical (unpaired) electrons. The molecule has 0 bridgehead atoms. The molecule has 88 valence electrons. The number of aromatic nitrogens is 2. The molecule has 0 aliphatic heterocycles. The van der Waals surface area contributed by atoms with E-state index in [1.165, 1.54) is 6.07 Å². The van der Waals surface area contributed by atoms with Crippen LogP contribution in [0, 0.1) is 11.6 Å². The molecule has 1 heterocycles. The van der Waals surface area contributed by atoms with Crippen molar-refractivity contribution in [3.8, 4) is 11.6 Å². The molecule has 0 atom stereocenters. The van der Waals surface area contributed by atoms with Gasteiger partial charge in [-0.05, 0) is 0 Å². The van der Waals surface area contributed by atoms with E-state index >= 15 is 0 Å². The maximum absolute atomic E-state index is 13.4. The van der Waals surface area contributed by atoms with Crippen LogP contribution in [0.25, 0.3) is 0 Å². The molecule has 2 rings (SSSR count).